The lowest BCUT2D eigenvalue weighted by atomic mass is 9.85. The van der Waals surface area contributed by atoms with Crippen LogP contribution in [0, 0.1) is 0 Å². The fraction of sp³-hybridized carbons (Fsp3) is 0.483. The van der Waals surface area contributed by atoms with Crippen LogP contribution in [0.25, 0.3) is 22.3 Å². The van der Waals surface area contributed by atoms with Crippen molar-refractivity contribution >= 4 is 26.9 Å². The molecule has 4 heterocycles. The largest absolute Gasteiger partial charge is 0.458 e. The van der Waals surface area contributed by atoms with Gasteiger partial charge in [-0.2, -0.15) is 4.31 Å². The average molecular weight is 556 g/mol. The topological polar surface area (TPSA) is 108 Å². The third-order valence-electron chi connectivity index (χ3n) is 7.61. The summed E-state index contributed by atoms with van der Waals surface area (Å²) in [5.74, 6) is -0.505. The third-order valence-corrected chi connectivity index (χ3v) is 9.07. The van der Waals surface area contributed by atoms with Crippen LogP contribution in [0.5, 0.6) is 0 Å². The highest BCUT2D eigenvalue weighted by Gasteiger charge is 2.47. The molecular formula is C29H37N3O6S. The first-order valence-electron chi connectivity index (χ1n) is 13.4. The lowest BCUT2D eigenvalue weighted by Crippen LogP contribution is -2.45. The maximum atomic E-state index is 13.7. The Morgan fingerprint density at radius 1 is 1.18 bits per heavy atom. The van der Waals surface area contributed by atoms with Crippen molar-refractivity contribution in [3.8, 4) is 11.4 Å². The molecule has 2 aliphatic rings. The van der Waals surface area contributed by atoms with Crippen LogP contribution in [0.2, 0.25) is 0 Å². The highest BCUT2D eigenvalue weighted by atomic mass is 32.2. The van der Waals surface area contributed by atoms with E-state index in [2.05, 4.69) is 0 Å². The Kier molecular flexibility index (Phi) is 8.03. The van der Waals surface area contributed by atoms with Gasteiger partial charge in [-0.3, -0.25) is 4.79 Å². The number of nitrogens with zero attached hydrogens (tertiary/aromatic N) is 3. The first kappa shape index (κ1) is 28.9. The van der Waals surface area contributed by atoms with Crippen molar-refractivity contribution in [2.75, 3.05) is 19.9 Å². The van der Waals surface area contributed by atoms with E-state index in [0.29, 0.717) is 48.4 Å². The van der Waals surface area contributed by atoms with Gasteiger partial charge in [0.25, 0.3) is 5.56 Å². The van der Waals surface area contributed by atoms with Gasteiger partial charge in [0, 0.05) is 36.2 Å². The first-order chi connectivity index (χ1) is 18.5. The molecular weight excluding hydrogens is 518 g/mol. The predicted octanol–water partition coefficient (Wildman–Crippen LogP) is 3.97. The van der Waals surface area contributed by atoms with Crippen molar-refractivity contribution < 1.29 is 22.7 Å². The van der Waals surface area contributed by atoms with Gasteiger partial charge in [-0.15, -0.1) is 0 Å². The quantitative estimate of drug-likeness (QED) is 0.318. The molecule has 10 heteroatoms. The Bertz CT molecular complexity index is 1590. The Morgan fingerprint density at radius 2 is 1.87 bits per heavy atom. The smallest absolute Gasteiger partial charge is 0.343 e. The van der Waals surface area contributed by atoms with Crippen LogP contribution in [0.15, 0.2) is 35.1 Å². The van der Waals surface area contributed by atoms with Gasteiger partial charge in [-0.05, 0) is 44.4 Å². The van der Waals surface area contributed by atoms with E-state index < -0.39 is 21.6 Å². The van der Waals surface area contributed by atoms with Crippen LogP contribution in [0.1, 0.15) is 63.3 Å². The molecule has 2 aromatic heterocycles. The van der Waals surface area contributed by atoms with E-state index >= 15 is 0 Å². The number of methoxy groups -OCH3 is 1. The molecule has 1 aromatic carbocycles. The van der Waals surface area contributed by atoms with Crippen molar-refractivity contribution in [2.45, 2.75) is 72.3 Å². The van der Waals surface area contributed by atoms with Crippen LogP contribution in [0.4, 0.5) is 0 Å². The molecule has 9 nitrogen and oxygen atoms in total. The highest BCUT2D eigenvalue weighted by molar-refractivity contribution is 7.88. The number of hydrogen-bond donors (Lipinski definition) is 0. The Morgan fingerprint density at radius 3 is 2.49 bits per heavy atom. The fourth-order valence-electron chi connectivity index (χ4n) is 5.75. The summed E-state index contributed by atoms with van der Waals surface area (Å²) >= 11 is 0. The number of hydrogen-bond acceptors (Lipinski definition) is 7. The van der Waals surface area contributed by atoms with E-state index in [1.165, 1.54) is 17.7 Å². The van der Waals surface area contributed by atoms with Gasteiger partial charge in [-0.1, -0.05) is 39.0 Å². The molecule has 0 bridgehead atoms. The number of fused-ring (bicyclic) bond motifs is 5. The minimum Gasteiger partial charge on any atom is -0.458 e. The summed E-state index contributed by atoms with van der Waals surface area (Å²) in [6.45, 7) is 10.1. The van der Waals surface area contributed by atoms with E-state index in [-0.39, 0.29) is 18.2 Å². The number of para-hydroxylation sites is 1. The molecule has 0 aliphatic carbocycles. The van der Waals surface area contributed by atoms with Gasteiger partial charge < -0.3 is 14.0 Å². The van der Waals surface area contributed by atoms with Crippen LogP contribution in [-0.2, 0) is 49.5 Å². The number of aromatic nitrogens is 2. The van der Waals surface area contributed by atoms with Crippen molar-refractivity contribution in [1.82, 2.24) is 13.9 Å². The molecule has 1 atom stereocenters. The van der Waals surface area contributed by atoms with E-state index in [1.807, 2.05) is 65.0 Å². The molecule has 0 unspecified atom stereocenters. The SMILES string of the molecule is CC.CC[C@@]1(OC)C(=O)OCc2c1cc1n(c2=O)Cc2c-1nc1ccccc1c2CCN(C(C)C)S(C)(=O)=O. The number of esters is 1. The molecule has 39 heavy (non-hydrogen) atoms. The second-order valence-corrected chi connectivity index (χ2v) is 11.9. The molecule has 5 rings (SSSR count). The average Bonchev–Trinajstić information content (AvgIpc) is 3.27. The van der Waals surface area contributed by atoms with Crippen molar-refractivity contribution in [2.24, 2.45) is 0 Å². The number of carbonyl (C=O) groups is 1. The summed E-state index contributed by atoms with van der Waals surface area (Å²) < 4.78 is 39.0. The first-order valence-corrected chi connectivity index (χ1v) is 15.3. The van der Waals surface area contributed by atoms with Gasteiger partial charge in [0.1, 0.15) is 6.61 Å². The zero-order valence-electron chi connectivity index (χ0n) is 23.7. The summed E-state index contributed by atoms with van der Waals surface area (Å²) in [5.41, 5.74) is 3.27. The van der Waals surface area contributed by atoms with Gasteiger partial charge in [0.05, 0.1) is 35.3 Å². The zero-order chi connectivity index (χ0) is 28.7. The van der Waals surface area contributed by atoms with Gasteiger partial charge in [-0.25, -0.2) is 18.2 Å². The molecule has 0 spiro atoms. The van der Waals surface area contributed by atoms with Crippen LogP contribution in [0.3, 0.4) is 0 Å². The predicted molar refractivity (Wildman–Crippen MR) is 151 cm³/mol. The molecule has 0 N–H and O–H groups in total. The van der Waals surface area contributed by atoms with Crippen LogP contribution in [-0.4, -0.2) is 54.2 Å². The number of sulfonamides is 1. The van der Waals surface area contributed by atoms with Gasteiger partial charge >= 0.3 is 5.97 Å². The molecule has 2 aliphatic heterocycles. The number of pyridine rings is 2. The number of ether oxygens (including phenoxy) is 2. The van der Waals surface area contributed by atoms with E-state index in [1.54, 1.807) is 4.57 Å². The fourth-order valence-corrected chi connectivity index (χ4v) is 6.94. The van der Waals surface area contributed by atoms with Crippen LogP contribution < -0.4 is 5.56 Å². The molecule has 0 saturated heterocycles. The summed E-state index contributed by atoms with van der Waals surface area (Å²) in [6, 6.07) is 9.39. The minimum atomic E-state index is -3.39. The summed E-state index contributed by atoms with van der Waals surface area (Å²) in [5, 5.41) is 0.933. The molecule has 0 amide bonds. The standard InChI is InChI=1S/C27H31N3O6S.C2H6/c1-6-27(35-4)21-13-23-24-19(14-29(23)25(31)20(21)15-36-26(27)32)17(18-9-7-8-10-22(18)28-24)11-12-30(16(2)3)37(5,33)34;1-2/h7-10,13,16H,6,11-12,14-15H2,1-5H3;1-2H3/t27-;/m0./s1. The Hall–Kier alpha value is -3.08. The van der Waals surface area contributed by atoms with Crippen molar-refractivity contribution in [3.63, 3.8) is 0 Å². The number of rotatable bonds is 7. The van der Waals surface area contributed by atoms with E-state index in [9.17, 15) is 18.0 Å². The lowest BCUT2D eigenvalue weighted by Gasteiger charge is -2.34. The second-order valence-electron chi connectivity index (χ2n) is 9.93. The molecule has 3 aromatic rings. The third kappa shape index (κ3) is 4.68. The van der Waals surface area contributed by atoms with E-state index in [0.717, 1.165) is 22.0 Å². The summed E-state index contributed by atoms with van der Waals surface area (Å²) in [6.07, 6.45) is 2.01. The number of carbonyl (C=O) groups excluding carboxylic acids is 1. The number of benzene rings is 1. The van der Waals surface area contributed by atoms with Crippen LogP contribution >= 0.6 is 0 Å². The number of cyclic esters (lactones) is 1. The van der Waals surface area contributed by atoms with E-state index in [4.69, 9.17) is 14.5 Å². The van der Waals surface area contributed by atoms with Gasteiger partial charge in [0.2, 0.25) is 10.0 Å². The Balaban J connectivity index is 0.00000172. The summed E-state index contributed by atoms with van der Waals surface area (Å²) in [4.78, 5) is 31.4. The lowest BCUT2D eigenvalue weighted by molar-refractivity contribution is -0.176. The zero-order valence-corrected chi connectivity index (χ0v) is 24.5. The second kappa shape index (κ2) is 10.8. The molecule has 210 valence electrons. The molecule has 0 radical (unpaired) electrons. The summed E-state index contributed by atoms with van der Waals surface area (Å²) in [7, 11) is -1.95. The minimum absolute atomic E-state index is 0.102. The normalized spacial score (nSPS) is 17.9. The van der Waals surface area contributed by atoms with Crippen molar-refractivity contribution in [3.05, 3.63) is 62.9 Å². The van der Waals surface area contributed by atoms with Gasteiger partial charge in [0.15, 0.2) is 5.60 Å². The monoisotopic (exact) mass is 555 g/mol. The van der Waals surface area contributed by atoms with Crippen molar-refractivity contribution in [1.29, 1.82) is 0 Å². The molecule has 0 fully saturated rings. The Labute approximate surface area is 229 Å². The highest BCUT2D eigenvalue weighted by Crippen LogP contribution is 2.41. The maximum Gasteiger partial charge on any atom is 0.343 e. The molecule has 0 saturated carbocycles. The maximum absolute atomic E-state index is 13.7.